The highest BCUT2D eigenvalue weighted by atomic mass is 79.9. The number of hydrogen-bond donors (Lipinski definition) is 1. The SMILES string of the molecule is Cc1cc(OCC(=O)N2CCNCC2)ccc1Br. The van der Waals surface area contributed by atoms with Crippen LogP contribution in [0, 0.1) is 6.92 Å². The Balaban J connectivity index is 1.86. The number of nitrogens with zero attached hydrogens (tertiary/aromatic N) is 1. The van der Waals surface area contributed by atoms with E-state index in [-0.39, 0.29) is 12.5 Å². The van der Waals surface area contributed by atoms with Crippen molar-refractivity contribution < 1.29 is 9.53 Å². The molecule has 5 heteroatoms. The molecule has 18 heavy (non-hydrogen) atoms. The van der Waals surface area contributed by atoms with Crippen molar-refractivity contribution >= 4 is 21.8 Å². The van der Waals surface area contributed by atoms with Gasteiger partial charge in [0.2, 0.25) is 0 Å². The quantitative estimate of drug-likeness (QED) is 0.921. The summed E-state index contributed by atoms with van der Waals surface area (Å²) in [6, 6.07) is 5.72. The third-order valence-corrected chi connectivity index (χ3v) is 3.85. The van der Waals surface area contributed by atoms with Crippen LogP contribution >= 0.6 is 15.9 Å². The molecular weight excluding hydrogens is 296 g/mol. The van der Waals surface area contributed by atoms with Crippen LogP contribution in [0.2, 0.25) is 0 Å². The zero-order valence-corrected chi connectivity index (χ0v) is 12.0. The topological polar surface area (TPSA) is 41.6 Å². The second-order valence-electron chi connectivity index (χ2n) is 4.33. The molecule has 2 rings (SSSR count). The molecule has 0 unspecified atom stereocenters. The Morgan fingerprint density at radius 1 is 1.44 bits per heavy atom. The number of rotatable bonds is 3. The van der Waals surface area contributed by atoms with Crippen LogP contribution in [0.25, 0.3) is 0 Å². The minimum Gasteiger partial charge on any atom is -0.484 e. The Morgan fingerprint density at radius 3 is 2.83 bits per heavy atom. The molecule has 4 nitrogen and oxygen atoms in total. The molecule has 0 aromatic heterocycles. The number of amides is 1. The van der Waals surface area contributed by atoms with Crippen molar-refractivity contribution in [2.45, 2.75) is 6.92 Å². The van der Waals surface area contributed by atoms with Crippen molar-refractivity contribution in [2.75, 3.05) is 32.8 Å². The van der Waals surface area contributed by atoms with E-state index in [9.17, 15) is 4.79 Å². The van der Waals surface area contributed by atoms with E-state index in [1.807, 2.05) is 30.0 Å². The first-order valence-electron chi connectivity index (χ1n) is 6.04. The van der Waals surface area contributed by atoms with Crippen LogP contribution in [0.3, 0.4) is 0 Å². The molecule has 0 radical (unpaired) electrons. The van der Waals surface area contributed by atoms with Gasteiger partial charge in [-0.25, -0.2) is 0 Å². The largest absolute Gasteiger partial charge is 0.484 e. The normalized spacial score (nSPS) is 15.6. The van der Waals surface area contributed by atoms with Gasteiger partial charge in [-0.3, -0.25) is 4.79 Å². The molecule has 1 fully saturated rings. The molecule has 0 saturated carbocycles. The highest BCUT2D eigenvalue weighted by Gasteiger charge is 2.16. The van der Waals surface area contributed by atoms with Gasteiger partial charge in [-0.1, -0.05) is 15.9 Å². The van der Waals surface area contributed by atoms with E-state index in [0.29, 0.717) is 0 Å². The van der Waals surface area contributed by atoms with Gasteiger partial charge in [0.05, 0.1) is 0 Å². The zero-order chi connectivity index (χ0) is 13.0. The first-order valence-corrected chi connectivity index (χ1v) is 6.83. The van der Waals surface area contributed by atoms with Crippen molar-refractivity contribution in [1.82, 2.24) is 10.2 Å². The summed E-state index contributed by atoms with van der Waals surface area (Å²) in [5.74, 6) is 0.788. The van der Waals surface area contributed by atoms with Crippen LogP contribution in [0.4, 0.5) is 0 Å². The fraction of sp³-hybridized carbons (Fsp3) is 0.462. The third-order valence-electron chi connectivity index (χ3n) is 2.96. The number of ether oxygens (including phenoxy) is 1. The van der Waals surface area contributed by atoms with Crippen molar-refractivity contribution in [3.63, 3.8) is 0 Å². The number of hydrogen-bond acceptors (Lipinski definition) is 3. The van der Waals surface area contributed by atoms with Crippen LogP contribution in [-0.4, -0.2) is 43.6 Å². The van der Waals surface area contributed by atoms with Crippen LogP contribution in [0.1, 0.15) is 5.56 Å². The predicted molar refractivity (Wildman–Crippen MR) is 73.8 cm³/mol. The smallest absolute Gasteiger partial charge is 0.260 e. The van der Waals surface area contributed by atoms with Crippen LogP contribution < -0.4 is 10.1 Å². The van der Waals surface area contributed by atoms with Gasteiger partial charge in [0.25, 0.3) is 5.91 Å². The number of carbonyl (C=O) groups is 1. The van der Waals surface area contributed by atoms with Gasteiger partial charge >= 0.3 is 0 Å². The van der Waals surface area contributed by atoms with Gasteiger partial charge < -0.3 is 15.0 Å². The van der Waals surface area contributed by atoms with E-state index < -0.39 is 0 Å². The summed E-state index contributed by atoms with van der Waals surface area (Å²) < 4.78 is 6.57. The Kier molecular flexibility index (Phi) is 4.60. The second kappa shape index (κ2) is 6.20. The minimum absolute atomic E-state index is 0.0528. The fourth-order valence-corrected chi connectivity index (χ4v) is 2.10. The maximum Gasteiger partial charge on any atom is 0.260 e. The highest BCUT2D eigenvalue weighted by molar-refractivity contribution is 9.10. The summed E-state index contributed by atoms with van der Waals surface area (Å²) >= 11 is 3.43. The lowest BCUT2D eigenvalue weighted by atomic mass is 10.2. The molecule has 1 aromatic rings. The van der Waals surface area contributed by atoms with Crippen molar-refractivity contribution in [3.05, 3.63) is 28.2 Å². The lowest BCUT2D eigenvalue weighted by molar-refractivity contribution is -0.133. The molecule has 0 aliphatic carbocycles. The van der Waals surface area contributed by atoms with E-state index in [1.54, 1.807) is 0 Å². The summed E-state index contributed by atoms with van der Waals surface area (Å²) in [6.45, 7) is 5.37. The summed E-state index contributed by atoms with van der Waals surface area (Å²) in [5, 5.41) is 3.22. The summed E-state index contributed by atoms with van der Waals surface area (Å²) in [6.07, 6.45) is 0. The lowest BCUT2D eigenvalue weighted by Gasteiger charge is -2.27. The highest BCUT2D eigenvalue weighted by Crippen LogP contribution is 2.21. The number of halogens is 1. The molecule has 1 aliphatic heterocycles. The Hall–Kier alpha value is -1.07. The maximum absolute atomic E-state index is 11.9. The van der Waals surface area contributed by atoms with E-state index in [2.05, 4.69) is 21.2 Å². The number of piperazine rings is 1. The lowest BCUT2D eigenvalue weighted by Crippen LogP contribution is -2.47. The molecule has 0 bridgehead atoms. The fourth-order valence-electron chi connectivity index (χ4n) is 1.86. The van der Waals surface area contributed by atoms with Gasteiger partial charge in [0.1, 0.15) is 5.75 Å². The van der Waals surface area contributed by atoms with E-state index in [0.717, 1.165) is 42.0 Å². The zero-order valence-electron chi connectivity index (χ0n) is 10.4. The number of nitrogens with one attached hydrogen (secondary N) is 1. The molecule has 0 spiro atoms. The van der Waals surface area contributed by atoms with E-state index in [1.165, 1.54) is 0 Å². The minimum atomic E-state index is 0.0528. The summed E-state index contributed by atoms with van der Waals surface area (Å²) in [7, 11) is 0. The molecule has 0 atom stereocenters. The Morgan fingerprint density at radius 2 is 2.17 bits per heavy atom. The summed E-state index contributed by atoms with van der Waals surface area (Å²) in [4.78, 5) is 13.7. The Bertz CT molecular complexity index is 431. The molecule has 1 N–H and O–H groups in total. The van der Waals surface area contributed by atoms with Crippen molar-refractivity contribution in [3.8, 4) is 5.75 Å². The van der Waals surface area contributed by atoms with Crippen molar-refractivity contribution in [2.24, 2.45) is 0 Å². The molecule has 1 aliphatic rings. The third kappa shape index (κ3) is 3.46. The maximum atomic E-state index is 11.9. The Labute approximate surface area is 115 Å². The average Bonchev–Trinajstić information content (AvgIpc) is 2.41. The van der Waals surface area contributed by atoms with Gasteiger partial charge in [-0.05, 0) is 30.7 Å². The van der Waals surface area contributed by atoms with E-state index in [4.69, 9.17) is 4.74 Å². The average molecular weight is 313 g/mol. The molecule has 1 heterocycles. The standard InChI is InChI=1S/C13H17BrN2O2/c1-10-8-11(2-3-12(10)14)18-9-13(17)16-6-4-15-5-7-16/h2-3,8,15H,4-7,9H2,1H3. The number of carbonyl (C=O) groups excluding carboxylic acids is 1. The molecule has 1 amide bonds. The number of aryl methyl sites for hydroxylation is 1. The molecular formula is C13H17BrN2O2. The van der Waals surface area contributed by atoms with Gasteiger partial charge in [-0.15, -0.1) is 0 Å². The van der Waals surface area contributed by atoms with Gasteiger partial charge in [0.15, 0.2) is 6.61 Å². The molecule has 1 aromatic carbocycles. The second-order valence-corrected chi connectivity index (χ2v) is 5.18. The van der Waals surface area contributed by atoms with Crippen LogP contribution in [-0.2, 0) is 4.79 Å². The number of benzene rings is 1. The van der Waals surface area contributed by atoms with Crippen LogP contribution in [0.15, 0.2) is 22.7 Å². The molecule has 98 valence electrons. The molecule has 1 saturated heterocycles. The van der Waals surface area contributed by atoms with Crippen molar-refractivity contribution in [1.29, 1.82) is 0 Å². The van der Waals surface area contributed by atoms with Crippen LogP contribution in [0.5, 0.6) is 5.75 Å². The summed E-state index contributed by atoms with van der Waals surface area (Å²) in [5.41, 5.74) is 1.10. The predicted octanol–water partition coefficient (Wildman–Crippen LogP) is 1.57. The van der Waals surface area contributed by atoms with E-state index >= 15 is 0 Å². The van der Waals surface area contributed by atoms with Gasteiger partial charge in [-0.2, -0.15) is 0 Å². The van der Waals surface area contributed by atoms with Gasteiger partial charge in [0, 0.05) is 30.7 Å². The monoisotopic (exact) mass is 312 g/mol. The first kappa shape index (κ1) is 13.4. The first-order chi connectivity index (χ1) is 8.66.